The number of amides is 3. The molecule has 0 bridgehead atoms. The molecule has 1 saturated carbocycles. The second-order valence-corrected chi connectivity index (χ2v) is 12.3. The van der Waals surface area contributed by atoms with Crippen LogP contribution in [0.3, 0.4) is 0 Å². The monoisotopic (exact) mass is 553 g/mol. The third-order valence-corrected chi connectivity index (χ3v) is 9.19. The zero-order chi connectivity index (χ0) is 26.0. The number of phosphoric ester groups is 1. The molecule has 12 nitrogen and oxygen atoms in total. The smallest absolute Gasteiger partial charge is 0.396 e. The number of ether oxygens (including phenoxy) is 1. The SMILES string of the molecule is O=C(CCCCC1SCC2NC(=O)NC21)NCCCOCC(O)COP(=O)(O)OC1CCC(CO)C1. The fourth-order valence-electron chi connectivity index (χ4n) is 4.72. The van der Waals surface area contributed by atoms with Crippen molar-refractivity contribution in [1.29, 1.82) is 0 Å². The zero-order valence-electron chi connectivity index (χ0n) is 20.5. The molecule has 0 aromatic rings. The van der Waals surface area contributed by atoms with Gasteiger partial charge in [0.15, 0.2) is 0 Å². The van der Waals surface area contributed by atoms with Crippen LogP contribution in [0.15, 0.2) is 0 Å². The van der Waals surface area contributed by atoms with Gasteiger partial charge >= 0.3 is 13.9 Å². The Hall–Kier alpha value is -0.920. The summed E-state index contributed by atoms with van der Waals surface area (Å²) in [6.07, 6.45) is 4.04. The Kier molecular flexibility index (Phi) is 12.2. The Morgan fingerprint density at radius 1 is 1.22 bits per heavy atom. The van der Waals surface area contributed by atoms with Crippen molar-refractivity contribution in [2.75, 3.05) is 38.7 Å². The average Bonchev–Trinajstić information content (AvgIpc) is 3.53. The summed E-state index contributed by atoms with van der Waals surface area (Å²) in [6.45, 7) is 0.334. The van der Waals surface area contributed by atoms with Crippen molar-refractivity contribution >= 4 is 31.5 Å². The Morgan fingerprint density at radius 2 is 2.06 bits per heavy atom. The van der Waals surface area contributed by atoms with E-state index in [-0.39, 0.29) is 43.2 Å². The van der Waals surface area contributed by atoms with Crippen molar-refractivity contribution in [2.24, 2.45) is 5.92 Å². The molecule has 1 aliphatic carbocycles. The molecule has 3 aliphatic rings. The Balaban J connectivity index is 1.13. The maximum atomic E-state index is 12.0. The summed E-state index contributed by atoms with van der Waals surface area (Å²) in [5.74, 6) is 0.996. The van der Waals surface area contributed by atoms with Crippen molar-refractivity contribution in [3.8, 4) is 0 Å². The average molecular weight is 554 g/mol. The third kappa shape index (κ3) is 10.1. The van der Waals surface area contributed by atoms with E-state index in [2.05, 4.69) is 16.0 Å². The van der Waals surface area contributed by atoms with E-state index in [9.17, 15) is 24.2 Å². The second-order valence-electron chi connectivity index (χ2n) is 9.65. The van der Waals surface area contributed by atoms with Crippen LogP contribution in [0.5, 0.6) is 0 Å². The van der Waals surface area contributed by atoms with Gasteiger partial charge in [0.05, 0.1) is 31.4 Å². The standard InChI is InChI=1S/C22H40N3O9PS/c26-11-15-6-7-17(10-15)34-35(30,31)33-13-16(27)12-32-9-3-8-23-20(28)5-2-1-4-19-21-18(14-36-19)24-22(29)25-21/h15-19,21,26-27H,1-14H2,(H,23,28)(H,30,31)(H2,24,25,29). The highest BCUT2D eigenvalue weighted by atomic mass is 32.2. The molecular weight excluding hydrogens is 513 g/mol. The number of phosphoric acid groups is 1. The minimum atomic E-state index is -4.28. The highest BCUT2D eigenvalue weighted by Crippen LogP contribution is 2.47. The number of aliphatic hydroxyl groups excluding tert-OH is 2. The van der Waals surface area contributed by atoms with Gasteiger partial charge in [0.2, 0.25) is 5.91 Å². The summed E-state index contributed by atoms with van der Waals surface area (Å²) in [5, 5.41) is 28.2. The molecule has 2 aliphatic heterocycles. The van der Waals surface area contributed by atoms with E-state index in [1.54, 1.807) is 0 Å². The third-order valence-electron chi connectivity index (χ3n) is 6.64. The molecule has 0 radical (unpaired) electrons. The number of carbonyl (C=O) groups is 2. The number of thioether (sulfide) groups is 1. The number of unbranched alkanes of at least 4 members (excludes halogenated alkanes) is 1. The Bertz CT molecular complexity index is 764. The van der Waals surface area contributed by atoms with Crippen molar-refractivity contribution in [2.45, 2.75) is 80.9 Å². The lowest BCUT2D eigenvalue weighted by molar-refractivity contribution is -0.121. The first-order chi connectivity index (χ1) is 17.3. The quantitative estimate of drug-likeness (QED) is 0.0862. The van der Waals surface area contributed by atoms with Gasteiger partial charge in [0.1, 0.15) is 6.10 Å². The molecule has 3 fully saturated rings. The van der Waals surface area contributed by atoms with Crippen molar-refractivity contribution < 1.29 is 43.0 Å². The normalized spacial score (nSPS) is 29.9. The van der Waals surface area contributed by atoms with E-state index in [4.69, 9.17) is 18.9 Å². The molecule has 7 atom stereocenters. The first-order valence-electron chi connectivity index (χ1n) is 12.7. The Morgan fingerprint density at radius 3 is 2.83 bits per heavy atom. The molecule has 6 N–H and O–H groups in total. The molecule has 14 heteroatoms. The van der Waals surface area contributed by atoms with Gasteiger partial charge in [-0.3, -0.25) is 13.8 Å². The van der Waals surface area contributed by atoms with E-state index in [0.29, 0.717) is 44.1 Å². The summed E-state index contributed by atoms with van der Waals surface area (Å²) in [5.41, 5.74) is 0. The topological polar surface area (TPSA) is 176 Å². The first-order valence-corrected chi connectivity index (χ1v) is 15.3. The predicted octanol–water partition coefficient (Wildman–Crippen LogP) is 0.891. The van der Waals surface area contributed by atoms with E-state index in [0.717, 1.165) is 31.4 Å². The summed E-state index contributed by atoms with van der Waals surface area (Å²) >= 11 is 1.87. The maximum absolute atomic E-state index is 12.0. The van der Waals surface area contributed by atoms with Crippen molar-refractivity contribution in [3.05, 3.63) is 0 Å². The number of urea groups is 1. The molecule has 36 heavy (non-hydrogen) atoms. The molecule has 0 aromatic heterocycles. The molecule has 208 valence electrons. The second kappa shape index (κ2) is 14.9. The number of aliphatic hydroxyl groups is 2. The fourth-order valence-corrected chi connectivity index (χ4v) is 7.25. The molecule has 7 unspecified atom stereocenters. The van der Waals surface area contributed by atoms with Crippen LogP contribution >= 0.6 is 19.6 Å². The molecule has 2 saturated heterocycles. The van der Waals surface area contributed by atoms with Crippen LogP contribution in [0.4, 0.5) is 4.79 Å². The largest absolute Gasteiger partial charge is 0.472 e. The van der Waals surface area contributed by atoms with E-state index in [1.807, 2.05) is 11.8 Å². The minimum Gasteiger partial charge on any atom is -0.396 e. The maximum Gasteiger partial charge on any atom is 0.472 e. The van der Waals surface area contributed by atoms with Crippen LogP contribution < -0.4 is 16.0 Å². The molecule has 3 amide bonds. The van der Waals surface area contributed by atoms with Gasteiger partial charge < -0.3 is 35.8 Å². The van der Waals surface area contributed by atoms with E-state index in [1.165, 1.54) is 0 Å². The Labute approximate surface area is 216 Å². The van der Waals surface area contributed by atoms with Gasteiger partial charge in [0.25, 0.3) is 0 Å². The van der Waals surface area contributed by atoms with Crippen LogP contribution in [0.25, 0.3) is 0 Å². The van der Waals surface area contributed by atoms with Gasteiger partial charge in [-0.25, -0.2) is 9.36 Å². The number of carbonyl (C=O) groups excluding carboxylic acids is 2. The summed E-state index contributed by atoms with van der Waals surface area (Å²) in [6, 6.07) is 0.333. The first kappa shape index (κ1) is 29.6. The molecule has 2 heterocycles. The van der Waals surface area contributed by atoms with Crippen LogP contribution in [0.1, 0.15) is 51.4 Å². The van der Waals surface area contributed by atoms with Crippen molar-refractivity contribution in [1.82, 2.24) is 16.0 Å². The lowest BCUT2D eigenvalue weighted by atomic mass is 10.0. The van der Waals surface area contributed by atoms with Crippen molar-refractivity contribution in [3.63, 3.8) is 0 Å². The number of fused-ring (bicyclic) bond motifs is 1. The van der Waals surface area contributed by atoms with Gasteiger partial charge in [-0.05, 0) is 44.4 Å². The molecule has 0 spiro atoms. The number of hydrogen-bond donors (Lipinski definition) is 6. The molecular formula is C22H40N3O9PS. The lowest BCUT2D eigenvalue weighted by Gasteiger charge is -2.18. The summed E-state index contributed by atoms with van der Waals surface area (Å²) in [4.78, 5) is 33.2. The predicted molar refractivity (Wildman–Crippen MR) is 133 cm³/mol. The van der Waals surface area contributed by atoms with Crippen LogP contribution in [0.2, 0.25) is 0 Å². The lowest BCUT2D eigenvalue weighted by Crippen LogP contribution is -2.36. The zero-order valence-corrected chi connectivity index (χ0v) is 22.2. The van der Waals surface area contributed by atoms with Gasteiger partial charge in [0, 0.05) is 37.2 Å². The highest BCUT2D eigenvalue weighted by Gasteiger charge is 2.42. The molecule has 0 aromatic carbocycles. The highest BCUT2D eigenvalue weighted by molar-refractivity contribution is 8.00. The number of hydrogen-bond acceptors (Lipinski definition) is 9. The van der Waals surface area contributed by atoms with Gasteiger partial charge in [-0.15, -0.1) is 0 Å². The van der Waals surface area contributed by atoms with Crippen LogP contribution in [0, 0.1) is 5.92 Å². The van der Waals surface area contributed by atoms with E-state index < -0.39 is 26.6 Å². The van der Waals surface area contributed by atoms with Crippen LogP contribution in [-0.4, -0.2) is 95.3 Å². The van der Waals surface area contributed by atoms with Gasteiger partial charge in [-0.2, -0.15) is 11.8 Å². The fraction of sp³-hybridized carbons (Fsp3) is 0.909. The van der Waals surface area contributed by atoms with Crippen LogP contribution in [-0.2, 0) is 23.1 Å². The summed E-state index contributed by atoms with van der Waals surface area (Å²) < 4.78 is 27.3. The number of rotatable bonds is 17. The molecule has 3 rings (SSSR count). The van der Waals surface area contributed by atoms with E-state index >= 15 is 0 Å². The summed E-state index contributed by atoms with van der Waals surface area (Å²) in [7, 11) is -4.28. The number of nitrogens with one attached hydrogen (secondary N) is 3. The minimum absolute atomic E-state index is 0.0116. The van der Waals surface area contributed by atoms with Gasteiger partial charge in [-0.1, -0.05) is 6.42 Å².